The fourth-order valence-electron chi connectivity index (χ4n) is 1.62. The maximum atomic E-state index is 11.6. The minimum Gasteiger partial charge on any atom is -0.508 e. The van der Waals surface area contributed by atoms with E-state index >= 15 is 0 Å². The van der Waals surface area contributed by atoms with Gasteiger partial charge in [-0.2, -0.15) is 0 Å². The summed E-state index contributed by atoms with van der Waals surface area (Å²) in [4.78, 5) is 13.2. The molecule has 1 aromatic rings. The maximum absolute atomic E-state index is 11.6. The topological polar surface area (TPSA) is 59.0 Å². The van der Waals surface area contributed by atoms with Crippen molar-refractivity contribution in [3.05, 3.63) is 18.2 Å². The normalized spacial score (nSPS) is 14.6. The summed E-state index contributed by atoms with van der Waals surface area (Å²) in [5, 5.41) is 9.39. The lowest BCUT2D eigenvalue weighted by molar-refractivity contribution is -0.121. The summed E-state index contributed by atoms with van der Waals surface area (Å²) in [6, 6.07) is 4.70. The molecular formula is C11H13NO4. The van der Waals surface area contributed by atoms with Crippen LogP contribution in [0.4, 0.5) is 5.69 Å². The lowest BCUT2D eigenvalue weighted by Crippen LogP contribution is -2.40. The molecule has 0 aliphatic carbocycles. The molecule has 5 heteroatoms. The molecule has 0 unspecified atom stereocenters. The first-order valence-corrected chi connectivity index (χ1v) is 4.97. The number of phenols is 1. The van der Waals surface area contributed by atoms with Gasteiger partial charge in [0.2, 0.25) is 0 Å². The molecule has 2 rings (SSSR count). The third-order valence-corrected chi connectivity index (χ3v) is 2.40. The van der Waals surface area contributed by atoms with Gasteiger partial charge in [0.05, 0.1) is 12.3 Å². The van der Waals surface area contributed by atoms with Crippen molar-refractivity contribution in [2.24, 2.45) is 0 Å². The van der Waals surface area contributed by atoms with Gasteiger partial charge in [0.1, 0.15) is 11.5 Å². The van der Waals surface area contributed by atoms with Crippen LogP contribution in [0.25, 0.3) is 0 Å². The van der Waals surface area contributed by atoms with E-state index in [1.165, 1.54) is 12.1 Å². The van der Waals surface area contributed by atoms with Gasteiger partial charge in [-0.1, -0.05) is 0 Å². The van der Waals surface area contributed by atoms with Crippen LogP contribution in [0.1, 0.15) is 0 Å². The number of methoxy groups -OCH3 is 1. The number of phenolic OH excluding ortho intramolecular Hbond substituents is 1. The molecule has 0 radical (unpaired) electrons. The molecule has 0 saturated carbocycles. The van der Waals surface area contributed by atoms with Gasteiger partial charge in [-0.05, 0) is 12.1 Å². The van der Waals surface area contributed by atoms with Crippen LogP contribution >= 0.6 is 0 Å². The number of carbonyl (C=O) groups excluding carboxylic acids is 1. The van der Waals surface area contributed by atoms with E-state index in [1.807, 2.05) is 0 Å². The van der Waals surface area contributed by atoms with Crippen LogP contribution in [0.3, 0.4) is 0 Å². The predicted molar refractivity (Wildman–Crippen MR) is 57.8 cm³/mol. The van der Waals surface area contributed by atoms with Crippen LogP contribution in [0.15, 0.2) is 18.2 Å². The second kappa shape index (κ2) is 4.40. The minimum absolute atomic E-state index is 0.0293. The van der Waals surface area contributed by atoms with Gasteiger partial charge < -0.3 is 19.5 Å². The fraction of sp³-hybridized carbons (Fsp3) is 0.364. The number of hydrogen-bond acceptors (Lipinski definition) is 4. The number of anilines is 1. The Balaban J connectivity index is 2.31. The lowest BCUT2D eigenvalue weighted by Gasteiger charge is -2.29. The summed E-state index contributed by atoms with van der Waals surface area (Å²) in [6.07, 6.45) is 0. The lowest BCUT2D eigenvalue weighted by atomic mass is 10.2. The van der Waals surface area contributed by atoms with Crippen molar-refractivity contribution in [3.63, 3.8) is 0 Å². The van der Waals surface area contributed by atoms with E-state index in [-0.39, 0.29) is 18.3 Å². The van der Waals surface area contributed by atoms with E-state index in [4.69, 9.17) is 9.47 Å². The van der Waals surface area contributed by atoms with Crippen LogP contribution in [0.5, 0.6) is 11.5 Å². The average Bonchev–Trinajstić information content (AvgIpc) is 2.28. The van der Waals surface area contributed by atoms with Crippen LogP contribution in [0.2, 0.25) is 0 Å². The Morgan fingerprint density at radius 3 is 3.12 bits per heavy atom. The number of aromatic hydroxyl groups is 1. The molecule has 1 aliphatic rings. The predicted octanol–water partition coefficient (Wildman–Crippen LogP) is 0.764. The molecule has 1 amide bonds. The van der Waals surface area contributed by atoms with E-state index in [1.54, 1.807) is 18.1 Å². The molecule has 16 heavy (non-hydrogen) atoms. The molecule has 0 aromatic heterocycles. The highest BCUT2D eigenvalue weighted by Crippen LogP contribution is 2.34. The molecule has 1 N–H and O–H groups in total. The second-order valence-corrected chi connectivity index (χ2v) is 3.48. The molecule has 0 saturated heterocycles. The van der Waals surface area contributed by atoms with Gasteiger partial charge in [-0.25, -0.2) is 0 Å². The van der Waals surface area contributed by atoms with E-state index < -0.39 is 0 Å². The Labute approximate surface area is 93.2 Å². The second-order valence-electron chi connectivity index (χ2n) is 3.48. The average molecular weight is 223 g/mol. The van der Waals surface area contributed by atoms with Crippen molar-refractivity contribution in [1.82, 2.24) is 0 Å². The number of amides is 1. The molecule has 0 fully saturated rings. The molecule has 5 nitrogen and oxygen atoms in total. The van der Waals surface area contributed by atoms with Crippen LogP contribution in [-0.2, 0) is 9.53 Å². The minimum atomic E-state index is -0.129. The fourth-order valence-corrected chi connectivity index (χ4v) is 1.62. The first-order chi connectivity index (χ1) is 7.72. The Morgan fingerprint density at radius 1 is 1.56 bits per heavy atom. The molecule has 0 bridgehead atoms. The maximum Gasteiger partial charge on any atom is 0.265 e. The number of nitrogens with zero attached hydrogens (tertiary/aromatic N) is 1. The molecule has 0 atom stereocenters. The number of rotatable bonds is 3. The zero-order valence-corrected chi connectivity index (χ0v) is 8.97. The Hall–Kier alpha value is -1.75. The van der Waals surface area contributed by atoms with Crippen molar-refractivity contribution in [2.45, 2.75) is 0 Å². The van der Waals surface area contributed by atoms with E-state index in [0.717, 1.165) is 0 Å². The first kappa shape index (κ1) is 10.8. The number of fused-ring (bicyclic) bond motifs is 1. The van der Waals surface area contributed by atoms with Gasteiger partial charge in [0.15, 0.2) is 6.61 Å². The van der Waals surface area contributed by atoms with E-state index in [2.05, 4.69) is 0 Å². The summed E-state index contributed by atoms with van der Waals surface area (Å²) < 4.78 is 10.2. The summed E-state index contributed by atoms with van der Waals surface area (Å²) in [6.45, 7) is 0.928. The highest BCUT2D eigenvalue weighted by molar-refractivity contribution is 5.98. The molecule has 1 aromatic carbocycles. The third-order valence-electron chi connectivity index (χ3n) is 2.40. The zero-order chi connectivity index (χ0) is 11.5. The summed E-state index contributed by atoms with van der Waals surface area (Å²) >= 11 is 0. The molecule has 86 valence electrons. The molecule has 0 spiro atoms. The van der Waals surface area contributed by atoms with E-state index in [9.17, 15) is 9.90 Å². The van der Waals surface area contributed by atoms with Gasteiger partial charge in [-0.15, -0.1) is 0 Å². The smallest absolute Gasteiger partial charge is 0.265 e. The van der Waals surface area contributed by atoms with Crippen LogP contribution < -0.4 is 9.64 Å². The summed E-state index contributed by atoms with van der Waals surface area (Å²) in [7, 11) is 1.58. The van der Waals surface area contributed by atoms with Gasteiger partial charge in [-0.3, -0.25) is 4.79 Å². The van der Waals surface area contributed by atoms with Crippen molar-refractivity contribution < 1.29 is 19.4 Å². The van der Waals surface area contributed by atoms with Crippen molar-refractivity contribution in [3.8, 4) is 11.5 Å². The molecular weight excluding hydrogens is 210 g/mol. The number of ether oxygens (including phenoxy) is 2. The third kappa shape index (κ3) is 1.94. The van der Waals surface area contributed by atoms with Crippen LogP contribution in [-0.4, -0.2) is 37.9 Å². The van der Waals surface area contributed by atoms with Gasteiger partial charge >= 0.3 is 0 Å². The van der Waals surface area contributed by atoms with Crippen molar-refractivity contribution >= 4 is 11.6 Å². The Bertz CT molecular complexity index is 405. The van der Waals surface area contributed by atoms with E-state index in [0.29, 0.717) is 24.6 Å². The van der Waals surface area contributed by atoms with Gasteiger partial charge in [0, 0.05) is 19.7 Å². The SMILES string of the molecule is COCCN1C(=O)COc2ccc(O)cc21. The number of benzene rings is 1. The highest BCUT2D eigenvalue weighted by atomic mass is 16.5. The first-order valence-electron chi connectivity index (χ1n) is 4.97. The zero-order valence-electron chi connectivity index (χ0n) is 8.97. The molecule has 1 aliphatic heterocycles. The Kier molecular flexibility index (Phi) is 2.96. The van der Waals surface area contributed by atoms with Crippen molar-refractivity contribution in [2.75, 3.05) is 31.8 Å². The molecule has 1 heterocycles. The summed E-state index contributed by atoms with van der Waals surface area (Å²) in [5.41, 5.74) is 0.591. The summed E-state index contributed by atoms with van der Waals surface area (Å²) in [5.74, 6) is 0.586. The Morgan fingerprint density at radius 2 is 2.38 bits per heavy atom. The monoisotopic (exact) mass is 223 g/mol. The highest BCUT2D eigenvalue weighted by Gasteiger charge is 2.25. The number of hydrogen-bond donors (Lipinski definition) is 1. The quantitative estimate of drug-likeness (QED) is 0.822. The van der Waals surface area contributed by atoms with Gasteiger partial charge in [0.25, 0.3) is 5.91 Å². The standard InChI is InChI=1S/C11H13NO4/c1-15-5-4-12-9-6-8(13)2-3-10(9)16-7-11(12)14/h2-3,6,13H,4-5,7H2,1H3. The van der Waals surface area contributed by atoms with Crippen molar-refractivity contribution in [1.29, 1.82) is 0 Å². The largest absolute Gasteiger partial charge is 0.508 e. The van der Waals surface area contributed by atoms with Crippen LogP contribution in [0, 0.1) is 0 Å². The number of carbonyl (C=O) groups is 1.